The van der Waals surface area contributed by atoms with Crippen molar-refractivity contribution < 1.29 is 4.42 Å². The molecule has 0 saturated carbocycles. The number of rotatable bonds is 5. The second-order valence-corrected chi connectivity index (χ2v) is 30.2. The number of para-hydroxylation sites is 1. The van der Waals surface area contributed by atoms with Crippen molar-refractivity contribution in [3.05, 3.63) is 191 Å². The molecule has 1 aromatic heterocycles. The van der Waals surface area contributed by atoms with Crippen LogP contribution >= 0.6 is 0 Å². The minimum atomic E-state index is -0.203. The van der Waals surface area contributed by atoms with Crippen LogP contribution in [-0.2, 0) is 37.9 Å². The maximum atomic E-state index is 7.88. The molecule has 4 nitrogen and oxygen atoms in total. The summed E-state index contributed by atoms with van der Waals surface area (Å²) in [6.45, 7) is 36.4. The lowest BCUT2D eigenvalue weighted by Gasteiger charge is -2.47. The molecule has 81 heavy (non-hydrogen) atoms. The van der Waals surface area contributed by atoms with Crippen LogP contribution in [0.4, 0.5) is 51.2 Å². The van der Waals surface area contributed by atoms with E-state index in [-0.39, 0.29) is 44.6 Å². The molecule has 5 aliphatic rings. The fourth-order valence-electron chi connectivity index (χ4n) is 15.4. The fourth-order valence-corrected chi connectivity index (χ4v) is 15.4. The SMILES string of the molecule is CC(C)(C)c1ccc(N2c3cc4c(cc3B3c5oc6cc7c(cc6c5N(c5ccc6c(c5)C(C)(C)CCC6(C)C)c5cc(N(c6ccccc6)c6ccc8ccccc8c6)cc2c53)C(C)(C)CCC7(C)C)C(C)(C)CCC4(C)C)cc1. The van der Waals surface area contributed by atoms with Crippen LogP contribution < -0.4 is 31.3 Å². The van der Waals surface area contributed by atoms with E-state index < -0.39 is 0 Å². The van der Waals surface area contributed by atoms with Gasteiger partial charge in [-0.05, 0) is 216 Å². The molecule has 0 fully saturated rings. The molecule has 0 saturated heterocycles. The maximum absolute atomic E-state index is 7.88. The third-order valence-electron chi connectivity index (χ3n) is 20.9. The van der Waals surface area contributed by atoms with Crippen molar-refractivity contribution in [1.29, 1.82) is 0 Å². The summed E-state index contributed by atoms with van der Waals surface area (Å²) in [4.78, 5) is 7.83. The Labute approximate surface area is 483 Å². The second kappa shape index (κ2) is 17.3. The number of hydrogen-bond donors (Lipinski definition) is 0. The Hall–Kier alpha value is -6.98. The highest BCUT2D eigenvalue weighted by Crippen LogP contribution is 2.56. The molecule has 0 unspecified atom stereocenters. The molecule has 5 heteroatoms. The topological polar surface area (TPSA) is 22.9 Å². The zero-order chi connectivity index (χ0) is 56.7. The summed E-state index contributed by atoms with van der Waals surface area (Å²) in [6.07, 6.45) is 6.84. The Kier molecular flexibility index (Phi) is 11.1. The first-order valence-corrected chi connectivity index (χ1v) is 30.4. The van der Waals surface area contributed by atoms with Crippen molar-refractivity contribution in [2.24, 2.45) is 0 Å². The van der Waals surface area contributed by atoms with E-state index in [9.17, 15) is 0 Å². The van der Waals surface area contributed by atoms with Gasteiger partial charge in [0.25, 0.3) is 6.71 Å². The summed E-state index contributed by atoms with van der Waals surface area (Å²) in [7, 11) is 0. The molecule has 0 bridgehead atoms. The van der Waals surface area contributed by atoms with E-state index in [2.05, 4.69) is 270 Å². The van der Waals surface area contributed by atoms with Crippen LogP contribution in [0.1, 0.15) is 181 Å². The molecular weight excluding hydrogens is 982 g/mol. The average molecular weight is 1060 g/mol. The lowest BCUT2D eigenvalue weighted by Crippen LogP contribution is -2.61. The first-order chi connectivity index (χ1) is 38.2. The van der Waals surface area contributed by atoms with E-state index in [4.69, 9.17) is 4.42 Å². The predicted molar refractivity (Wildman–Crippen MR) is 347 cm³/mol. The van der Waals surface area contributed by atoms with Crippen molar-refractivity contribution in [2.45, 2.75) is 180 Å². The van der Waals surface area contributed by atoms with Crippen LogP contribution in [0.25, 0.3) is 21.7 Å². The predicted octanol–water partition coefficient (Wildman–Crippen LogP) is 19.5. The molecule has 410 valence electrons. The summed E-state index contributed by atoms with van der Waals surface area (Å²) < 4.78 is 7.88. The van der Waals surface area contributed by atoms with Gasteiger partial charge in [0.05, 0.1) is 17.0 Å². The molecule has 9 aromatic rings. The average Bonchev–Trinajstić information content (AvgIpc) is 2.46. The van der Waals surface area contributed by atoms with Gasteiger partial charge in [-0.15, -0.1) is 0 Å². The van der Waals surface area contributed by atoms with Gasteiger partial charge in [-0.1, -0.05) is 177 Å². The van der Waals surface area contributed by atoms with Crippen molar-refractivity contribution in [3.8, 4) is 0 Å². The van der Waals surface area contributed by atoms with Crippen LogP contribution in [0, 0.1) is 0 Å². The minimum absolute atomic E-state index is 0.00364. The van der Waals surface area contributed by atoms with Crippen LogP contribution in [0.3, 0.4) is 0 Å². The van der Waals surface area contributed by atoms with Crippen molar-refractivity contribution in [2.75, 3.05) is 14.7 Å². The van der Waals surface area contributed by atoms with Gasteiger partial charge in [-0.2, -0.15) is 0 Å². The molecule has 14 rings (SSSR count). The third-order valence-corrected chi connectivity index (χ3v) is 20.9. The first-order valence-electron chi connectivity index (χ1n) is 30.4. The van der Waals surface area contributed by atoms with E-state index in [1.165, 1.54) is 94.5 Å². The Morgan fingerprint density at radius 2 is 0.938 bits per heavy atom. The van der Waals surface area contributed by atoms with Crippen LogP contribution in [0.5, 0.6) is 0 Å². The second-order valence-electron chi connectivity index (χ2n) is 30.2. The maximum Gasteiger partial charge on any atom is 0.297 e. The Bertz CT molecular complexity index is 4070. The number of anilines is 9. The summed E-state index contributed by atoms with van der Waals surface area (Å²) in [5.74, 6) is 0. The van der Waals surface area contributed by atoms with Crippen LogP contribution in [-0.4, -0.2) is 6.71 Å². The van der Waals surface area contributed by atoms with Gasteiger partial charge in [0.2, 0.25) is 0 Å². The number of furan rings is 1. The Balaban J connectivity index is 1.16. The molecule has 0 spiro atoms. The molecule has 0 atom stereocenters. The van der Waals surface area contributed by atoms with E-state index in [0.29, 0.717) is 0 Å². The Morgan fingerprint density at radius 3 is 1.56 bits per heavy atom. The van der Waals surface area contributed by atoms with Gasteiger partial charge in [-0.3, -0.25) is 0 Å². The van der Waals surface area contributed by atoms with Gasteiger partial charge in [0, 0.05) is 45.2 Å². The molecule has 2 aliphatic heterocycles. The summed E-state index contributed by atoms with van der Waals surface area (Å²) in [5.41, 5.74) is 25.1. The quantitative estimate of drug-likeness (QED) is 0.160. The highest BCUT2D eigenvalue weighted by Gasteiger charge is 2.51. The van der Waals surface area contributed by atoms with Gasteiger partial charge >= 0.3 is 0 Å². The molecule has 0 amide bonds. The molecule has 3 heterocycles. The molecule has 8 aromatic carbocycles. The van der Waals surface area contributed by atoms with Crippen molar-refractivity contribution in [3.63, 3.8) is 0 Å². The number of hydrogen-bond acceptors (Lipinski definition) is 4. The molecule has 0 N–H and O–H groups in total. The zero-order valence-corrected chi connectivity index (χ0v) is 51.0. The lowest BCUT2D eigenvalue weighted by atomic mass is 9.35. The summed E-state index contributed by atoms with van der Waals surface area (Å²) in [5, 5.41) is 3.64. The third kappa shape index (κ3) is 7.97. The summed E-state index contributed by atoms with van der Waals surface area (Å²) >= 11 is 0. The van der Waals surface area contributed by atoms with Crippen LogP contribution in [0.15, 0.2) is 156 Å². The van der Waals surface area contributed by atoms with E-state index in [0.717, 1.165) is 72.5 Å². The summed E-state index contributed by atoms with van der Waals surface area (Å²) in [6, 6.07) is 59.3. The molecular formula is C76H82BN3O. The van der Waals surface area contributed by atoms with E-state index in [1.807, 2.05) is 0 Å². The van der Waals surface area contributed by atoms with E-state index in [1.54, 1.807) is 0 Å². The highest BCUT2D eigenvalue weighted by molar-refractivity contribution is 7.00. The fraction of sp³-hybridized carbons (Fsp3) is 0.368. The standard InChI is InChI=1S/C76H82BN3O/c1-70(2,3)49-26-29-51(30-27-49)79-63-45-60-59(74(10,11)36-37-75(60,12)13)44-62(63)77-67-64(79)41-54(78(50-23-17-16-18-24-50)52-28-25-47-21-19-20-22-48(47)39-52)42-65(67)80(53-31-32-56-57(40-53)72(6,7)34-33-71(56,4)5)68-55-43-58-61(46-66(55)81-69(68)77)76(14,15)38-35-73(58,8)9/h16-32,39-46H,33-38H2,1-15H3. The van der Waals surface area contributed by atoms with Gasteiger partial charge in [-0.25, -0.2) is 0 Å². The largest absolute Gasteiger partial charge is 0.468 e. The van der Waals surface area contributed by atoms with Crippen molar-refractivity contribution in [1.82, 2.24) is 0 Å². The minimum Gasteiger partial charge on any atom is -0.468 e. The first kappa shape index (κ1) is 52.1. The molecule has 0 radical (unpaired) electrons. The van der Waals surface area contributed by atoms with Gasteiger partial charge < -0.3 is 19.1 Å². The lowest BCUT2D eigenvalue weighted by molar-refractivity contribution is 0.332. The number of nitrogens with zero attached hydrogens (tertiary/aromatic N) is 3. The number of fused-ring (bicyclic) bond motifs is 10. The Morgan fingerprint density at radius 1 is 0.420 bits per heavy atom. The van der Waals surface area contributed by atoms with Crippen molar-refractivity contribution >= 4 is 96.2 Å². The zero-order valence-electron chi connectivity index (χ0n) is 51.0. The molecule has 3 aliphatic carbocycles. The monoisotopic (exact) mass is 1060 g/mol. The van der Waals surface area contributed by atoms with Crippen LogP contribution in [0.2, 0.25) is 0 Å². The van der Waals surface area contributed by atoms with Gasteiger partial charge in [0.1, 0.15) is 5.58 Å². The number of benzene rings is 8. The normalized spacial score (nSPS) is 19.3. The highest BCUT2D eigenvalue weighted by atomic mass is 16.3. The van der Waals surface area contributed by atoms with E-state index >= 15 is 0 Å². The van der Waals surface area contributed by atoms with Gasteiger partial charge in [0.15, 0.2) is 0 Å². The smallest absolute Gasteiger partial charge is 0.297 e.